The normalized spacial score (nSPS) is 19.6. The predicted molar refractivity (Wildman–Crippen MR) is 93.9 cm³/mol. The third-order valence-corrected chi connectivity index (χ3v) is 4.95. The molecule has 0 bridgehead atoms. The van der Waals surface area contributed by atoms with Gasteiger partial charge in [0.1, 0.15) is 0 Å². The molecule has 1 aromatic carbocycles. The highest BCUT2D eigenvalue weighted by Crippen LogP contribution is 2.31. The minimum absolute atomic E-state index is 0.0804. The largest absolute Gasteiger partial charge is 0.341 e. The van der Waals surface area contributed by atoms with Crippen LogP contribution in [0.5, 0.6) is 0 Å². The SMILES string of the molecule is C[C@H](NC(=O)N1CCCN(C(=O)C2CC2)CC1)c1cccc(Cl)c1. The highest BCUT2D eigenvalue weighted by Gasteiger charge is 2.34. The standard InChI is InChI=1S/C18H24ClN3O2/c1-13(15-4-2-5-16(19)12-15)20-18(24)22-9-3-8-21(10-11-22)17(23)14-6-7-14/h2,4-5,12-14H,3,6-11H2,1H3,(H,20,24)/t13-/m0/s1. The molecule has 1 heterocycles. The molecule has 1 aromatic rings. The maximum atomic E-state index is 12.5. The van der Waals surface area contributed by atoms with Crippen LogP contribution in [0, 0.1) is 5.92 Å². The number of carbonyl (C=O) groups is 2. The second kappa shape index (κ2) is 7.43. The van der Waals surface area contributed by atoms with Crippen molar-refractivity contribution >= 4 is 23.5 Å². The lowest BCUT2D eigenvalue weighted by Gasteiger charge is -2.24. The Morgan fingerprint density at radius 2 is 1.88 bits per heavy atom. The fourth-order valence-electron chi connectivity index (χ4n) is 3.07. The molecule has 0 aromatic heterocycles. The van der Waals surface area contributed by atoms with Gasteiger partial charge in [-0.15, -0.1) is 0 Å². The van der Waals surface area contributed by atoms with Gasteiger partial charge in [0.15, 0.2) is 0 Å². The van der Waals surface area contributed by atoms with E-state index in [0.29, 0.717) is 24.7 Å². The Morgan fingerprint density at radius 1 is 1.17 bits per heavy atom. The van der Waals surface area contributed by atoms with E-state index in [1.807, 2.05) is 36.1 Å². The molecule has 24 heavy (non-hydrogen) atoms. The van der Waals surface area contributed by atoms with Crippen LogP contribution in [0.2, 0.25) is 5.02 Å². The predicted octanol–water partition coefficient (Wildman–Crippen LogP) is 3.05. The molecule has 2 aliphatic rings. The summed E-state index contributed by atoms with van der Waals surface area (Å²) in [6.07, 6.45) is 2.88. The first-order chi connectivity index (χ1) is 11.5. The molecule has 130 valence electrons. The summed E-state index contributed by atoms with van der Waals surface area (Å²) in [5.74, 6) is 0.512. The van der Waals surface area contributed by atoms with Gasteiger partial charge in [0.25, 0.3) is 0 Å². The van der Waals surface area contributed by atoms with E-state index in [9.17, 15) is 9.59 Å². The van der Waals surface area contributed by atoms with Crippen molar-refractivity contribution in [2.75, 3.05) is 26.2 Å². The van der Waals surface area contributed by atoms with Crippen molar-refractivity contribution in [3.05, 3.63) is 34.9 Å². The quantitative estimate of drug-likeness (QED) is 0.911. The smallest absolute Gasteiger partial charge is 0.317 e. The lowest BCUT2D eigenvalue weighted by atomic mass is 10.1. The minimum atomic E-state index is -0.108. The summed E-state index contributed by atoms with van der Waals surface area (Å²) in [5.41, 5.74) is 0.983. The number of benzene rings is 1. The topological polar surface area (TPSA) is 52.7 Å². The van der Waals surface area contributed by atoms with Gasteiger partial charge in [-0.05, 0) is 43.9 Å². The van der Waals surface area contributed by atoms with E-state index < -0.39 is 0 Å². The summed E-state index contributed by atoms with van der Waals surface area (Å²) < 4.78 is 0. The molecule has 3 rings (SSSR count). The van der Waals surface area contributed by atoms with Crippen LogP contribution < -0.4 is 5.32 Å². The van der Waals surface area contributed by atoms with Crippen LogP contribution in [0.4, 0.5) is 4.79 Å². The van der Waals surface area contributed by atoms with Crippen LogP contribution in [0.1, 0.15) is 37.8 Å². The lowest BCUT2D eigenvalue weighted by Crippen LogP contribution is -2.43. The van der Waals surface area contributed by atoms with Crippen LogP contribution in [0.15, 0.2) is 24.3 Å². The van der Waals surface area contributed by atoms with Crippen molar-refractivity contribution in [2.45, 2.75) is 32.2 Å². The Balaban J connectivity index is 1.54. The molecule has 6 heteroatoms. The number of hydrogen-bond donors (Lipinski definition) is 1. The molecule has 1 saturated heterocycles. The highest BCUT2D eigenvalue weighted by molar-refractivity contribution is 6.30. The van der Waals surface area contributed by atoms with E-state index in [1.54, 1.807) is 4.90 Å². The molecule has 0 unspecified atom stereocenters. The zero-order chi connectivity index (χ0) is 17.1. The molecule has 1 N–H and O–H groups in total. The zero-order valence-corrected chi connectivity index (χ0v) is 14.8. The molecular formula is C18H24ClN3O2. The molecule has 1 saturated carbocycles. The third-order valence-electron chi connectivity index (χ3n) is 4.71. The van der Waals surface area contributed by atoms with Gasteiger partial charge in [0, 0.05) is 37.1 Å². The molecule has 2 fully saturated rings. The van der Waals surface area contributed by atoms with Gasteiger partial charge < -0.3 is 15.1 Å². The van der Waals surface area contributed by atoms with E-state index in [0.717, 1.165) is 31.4 Å². The summed E-state index contributed by atoms with van der Waals surface area (Å²) in [6, 6.07) is 7.33. The summed E-state index contributed by atoms with van der Waals surface area (Å²) in [6.45, 7) is 4.61. The van der Waals surface area contributed by atoms with Crippen LogP contribution >= 0.6 is 11.6 Å². The van der Waals surface area contributed by atoms with E-state index >= 15 is 0 Å². The second-order valence-electron chi connectivity index (χ2n) is 6.67. The first-order valence-electron chi connectivity index (χ1n) is 8.64. The van der Waals surface area contributed by atoms with E-state index in [4.69, 9.17) is 11.6 Å². The van der Waals surface area contributed by atoms with Crippen molar-refractivity contribution in [1.29, 1.82) is 0 Å². The Hall–Kier alpha value is -1.75. The van der Waals surface area contributed by atoms with Crippen LogP contribution in [-0.2, 0) is 4.79 Å². The number of nitrogens with zero attached hydrogens (tertiary/aromatic N) is 2. The van der Waals surface area contributed by atoms with Crippen molar-refractivity contribution in [3.8, 4) is 0 Å². The van der Waals surface area contributed by atoms with Gasteiger partial charge in [0.05, 0.1) is 6.04 Å². The molecular weight excluding hydrogens is 326 g/mol. The van der Waals surface area contributed by atoms with Gasteiger partial charge >= 0.3 is 6.03 Å². The number of halogens is 1. The molecule has 0 radical (unpaired) electrons. The van der Waals surface area contributed by atoms with Crippen molar-refractivity contribution in [2.24, 2.45) is 5.92 Å². The maximum absolute atomic E-state index is 12.5. The average Bonchev–Trinajstić information content (AvgIpc) is 3.40. The minimum Gasteiger partial charge on any atom is -0.341 e. The van der Waals surface area contributed by atoms with E-state index in [-0.39, 0.29) is 23.9 Å². The van der Waals surface area contributed by atoms with Gasteiger partial charge in [-0.3, -0.25) is 4.79 Å². The molecule has 1 aliphatic heterocycles. The number of urea groups is 1. The Bertz CT molecular complexity index is 618. The number of amides is 3. The zero-order valence-electron chi connectivity index (χ0n) is 14.0. The Morgan fingerprint density at radius 3 is 2.58 bits per heavy atom. The first kappa shape index (κ1) is 17.1. The number of rotatable bonds is 3. The van der Waals surface area contributed by atoms with Crippen LogP contribution in [-0.4, -0.2) is 47.9 Å². The van der Waals surface area contributed by atoms with Gasteiger partial charge in [-0.1, -0.05) is 23.7 Å². The molecule has 3 amide bonds. The molecule has 5 nitrogen and oxygen atoms in total. The summed E-state index contributed by atoms with van der Waals surface area (Å²) in [7, 11) is 0. The first-order valence-corrected chi connectivity index (χ1v) is 9.02. The number of hydrogen-bond acceptors (Lipinski definition) is 2. The summed E-state index contributed by atoms with van der Waals surface area (Å²) in [4.78, 5) is 28.4. The highest BCUT2D eigenvalue weighted by atomic mass is 35.5. The number of nitrogens with one attached hydrogen (secondary N) is 1. The molecule has 0 spiro atoms. The van der Waals surface area contributed by atoms with Crippen LogP contribution in [0.25, 0.3) is 0 Å². The van der Waals surface area contributed by atoms with Crippen LogP contribution in [0.3, 0.4) is 0 Å². The van der Waals surface area contributed by atoms with Gasteiger partial charge in [-0.2, -0.15) is 0 Å². The molecule has 1 atom stereocenters. The summed E-state index contributed by atoms with van der Waals surface area (Å²) >= 11 is 6.01. The second-order valence-corrected chi connectivity index (χ2v) is 7.10. The number of carbonyl (C=O) groups excluding carboxylic acids is 2. The monoisotopic (exact) mass is 349 g/mol. The van der Waals surface area contributed by atoms with Gasteiger partial charge in [0.2, 0.25) is 5.91 Å². The van der Waals surface area contributed by atoms with E-state index in [2.05, 4.69) is 5.32 Å². The average molecular weight is 350 g/mol. The Kier molecular flexibility index (Phi) is 5.29. The van der Waals surface area contributed by atoms with Crippen molar-refractivity contribution in [3.63, 3.8) is 0 Å². The lowest BCUT2D eigenvalue weighted by molar-refractivity contribution is -0.132. The fourth-order valence-corrected chi connectivity index (χ4v) is 3.26. The Labute approximate surface area is 147 Å². The third kappa shape index (κ3) is 4.20. The molecule has 1 aliphatic carbocycles. The fraction of sp³-hybridized carbons (Fsp3) is 0.556. The van der Waals surface area contributed by atoms with Gasteiger partial charge in [-0.25, -0.2) is 4.79 Å². The summed E-state index contributed by atoms with van der Waals surface area (Å²) in [5, 5.41) is 3.69. The van der Waals surface area contributed by atoms with Crippen molar-refractivity contribution < 1.29 is 9.59 Å². The maximum Gasteiger partial charge on any atom is 0.317 e. The van der Waals surface area contributed by atoms with E-state index in [1.165, 1.54) is 0 Å². The van der Waals surface area contributed by atoms with Crippen molar-refractivity contribution in [1.82, 2.24) is 15.1 Å².